The summed E-state index contributed by atoms with van der Waals surface area (Å²) in [4.78, 5) is 15.7. The van der Waals surface area contributed by atoms with E-state index in [0.717, 1.165) is 18.5 Å². The molecule has 0 unspecified atom stereocenters. The van der Waals surface area contributed by atoms with Crippen LogP contribution in [0.4, 0.5) is 0 Å². The maximum absolute atomic E-state index is 11.2. The van der Waals surface area contributed by atoms with Crippen molar-refractivity contribution in [2.45, 2.75) is 26.7 Å². The number of hydrogen-bond acceptors (Lipinski definition) is 3. The van der Waals surface area contributed by atoms with Crippen LogP contribution in [0.3, 0.4) is 0 Å². The Morgan fingerprint density at radius 3 is 2.74 bits per heavy atom. The number of nitrogens with zero attached hydrogens (tertiary/aromatic N) is 1. The molecule has 0 saturated carbocycles. The predicted octanol–water partition coefficient (Wildman–Crippen LogP) is 2.50. The maximum Gasteiger partial charge on any atom is 0.0722 e. The zero-order valence-electron chi connectivity index (χ0n) is 11.1. The van der Waals surface area contributed by atoms with Crippen LogP contribution in [-0.2, 0) is 6.42 Å². The molecule has 1 aromatic carbocycles. The molecular formula is C16H16NO2-. The van der Waals surface area contributed by atoms with Crippen LogP contribution in [0.2, 0.25) is 0 Å². The standard InChI is InChI=1S/C16H17NO2/c1-11(2)6-5-7-12-10-14(16(18)19)13-8-3-4-9-15(13)17-12/h3-4,6,8-10H,5,7H2,1-2H3,(H,18,19)/p-1. The number of carbonyl (C=O) groups is 1. The predicted molar refractivity (Wildman–Crippen MR) is 73.8 cm³/mol. The van der Waals surface area contributed by atoms with Crippen molar-refractivity contribution < 1.29 is 9.90 Å². The third-order valence-electron chi connectivity index (χ3n) is 2.94. The van der Waals surface area contributed by atoms with E-state index in [0.29, 0.717) is 10.9 Å². The molecule has 2 rings (SSSR count). The lowest BCUT2D eigenvalue weighted by molar-refractivity contribution is -0.254. The van der Waals surface area contributed by atoms with Gasteiger partial charge in [-0.15, -0.1) is 0 Å². The van der Waals surface area contributed by atoms with E-state index in [-0.39, 0.29) is 5.56 Å². The van der Waals surface area contributed by atoms with Crippen molar-refractivity contribution in [3.05, 3.63) is 53.2 Å². The first kappa shape index (κ1) is 13.3. The number of aromatic nitrogens is 1. The number of aryl methyl sites for hydroxylation is 1. The van der Waals surface area contributed by atoms with E-state index < -0.39 is 5.97 Å². The van der Waals surface area contributed by atoms with Gasteiger partial charge in [-0.25, -0.2) is 0 Å². The zero-order valence-corrected chi connectivity index (χ0v) is 11.1. The van der Waals surface area contributed by atoms with Gasteiger partial charge < -0.3 is 9.90 Å². The molecule has 0 radical (unpaired) electrons. The number of aromatic carboxylic acids is 1. The van der Waals surface area contributed by atoms with Gasteiger partial charge in [0, 0.05) is 16.6 Å². The van der Waals surface area contributed by atoms with E-state index in [2.05, 4.69) is 11.1 Å². The van der Waals surface area contributed by atoms with Gasteiger partial charge in [0.15, 0.2) is 0 Å². The van der Waals surface area contributed by atoms with Gasteiger partial charge in [0.25, 0.3) is 0 Å². The first-order valence-electron chi connectivity index (χ1n) is 6.31. The van der Waals surface area contributed by atoms with Crippen LogP contribution in [0.1, 0.15) is 36.3 Å². The van der Waals surface area contributed by atoms with Gasteiger partial charge in [-0.1, -0.05) is 29.8 Å². The summed E-state index contributed by atoms with van der Waals surface area (Å²) in [5, 5.41) is 11.8. The Kier molecular flexibility index (Phi) is 3.95. The molecule has 1 heterocycles. The molecule has 0 aliphatic heterocycles. The fraction of sp³-hybridized carbons (Fsp3) is 0.250. The Labute approximate surface area is 112 Å². The van der Waals surface area contributed by atoms with Crippen molar-refractivity contribution >= 4 is 16.9 Å². The second-order valence-electron chi connectivity index (χ2n) is 4.79. The van der Waals surface area contributed by atoms with Crippen molar-refractivity contribution in [1.82, 2.24) is 4.98 Å². The molecule has 0 aliphatic rings. The number of pyridine rings is 1. The normalized spacial score (nSPS) is 10.4. The first-order chi connectivity index (χ1) is 9.08. The number of carboxylic acids is 1. The summed E-state index contributed by atoms with van der Waals surface area (Å²) in [5.74, 6) is -1.15. The summed E-state index contributed by atoms with van der Waals surface area (Å²) >= 11 is 0. The van der Waals surface area contributed by atoms with Crippen LogP contribution in [0, 0.1) is 0 Å². The molecule has 2 aromatic rings. The lowest BCUT2D eigenvalue weighted by Gasteiger charge is -2.09. The van der Waals surface area contributed by atoms with Gasteiger partial charge in [-0.3, -0.25) is 4.98 Å². The highest BCUT2D eigenvalue weighted by Crippen LogP contribution is 2.18. The van der Waals surface area contributed by atoms with Crippen molar-refractivity contribution in [1.29, 1.82) is 0 Å². The minimum Gasteiger partial charge on any atom is -0.545 e. The molecule has 0 spiro atoms. The van der Waals surface area contributed by atoms with Crippen molar-refractivity contribution in [2.75, 3.05) is 0 Å². The summed E-state index contributed by atoms with van der Waals surface area (Å²) in [6, 6.07) is 8.86. The van der Waals surface area contributed by atoms with E-state index in [1.165, 1.54) is 5.57 Å². The Hall–Kier alpha value is -2.16. The van der Waals surface area contributed by atoms with E-state index in [1.807, 2.05) is 26.0 Å². The van der Waals surface area contributed by atoms with Crippen LogP contribution >= 0.6 is 0 Å². The molecule has 3 heteroatoms. The average Bonchev–Trinajstić information content (AvgIpc) is 2.37. The van der Waals surface area contributed by atoms with Crippen molar-refractivity contribution in [3.8, 4) is 0 Å². The monoisotopic (exact) mass is 254 g/mol. The minimum atomic E-state index is -1.15. The molecule has 0 bridgehead atoms. The Morgan fingerprint density at radius 1 is 1.32 bits per heavy atom. The third-order valence-corrected chi connectivity index (χ3v) is 2.94. The second kappa shape index (κ2) is 5.65. The van der Waals surface area contributed by atoms with Gasteiger partial charge >= 0.3 is 0 Å². The highest BCUT2D eigenvalue weighted by molar-refractivity contribution is 6.01. The first-order valence-corrected chi connectivity index (χ1v) is 6.31. The number of hydrogen-bond donors (Lipinski definition) is 0. The Morgan fingerprint density at radius 2 is 2.05 bits per heavy atom. The summed E-state index contributed by atoms with van der Waals surface area (Å²) in [7, 11) is 0. The van der Waals surface area contributed by atoms with E-state index >= 15 is 0 Å². The molecule has 0 fully saturated rings. The van der Waals surface area contributed by atoms with E-state index in [4.69, 9.17) is 0 Å². The third kappa shape index (κ3) is 3.19. The minimum absolute atomic E-state index is 0.220. The number of carbonyl (C=O) groups excluding carboxylic acids is 1. The van der Waals surface area contributed by atoms with Crippen LogP contribution < -0.4 is 5.11 Å². The number of allylic oxidation sites excluding steroid dienone is 2. The van der Waals surface area contributed by atoms with Gasteiger partial charge in [0.1, 0.15) is 0 Å². The zero-order chi connectivity index (χ0) is 13.8. The summed E-state index contributed by atoms with van der Waals surface area (Å²) in [6.07, 6.45) is 3.71. The summed E-state index contributed by atoms with van der Waals surface area (Å²) in [6.45, 7) is 4.08. The number of para-hydroxylation sites is 1. The molecule has 0 aliphatic carbocycles. The van der Waals surface area contributed by atoms with E-state index in [1.54, 1.807) is 18.2 Å². The SMILES string of the molecule is CC(C)=CCCc1cc(C(=O)[O-])c2ccccc2n1. The molecular weight excluding hydrogens is 238 g/mol. The number of rotatable bonds is 4. The molecule has 0 amide bonds. The molecule has 1 aromatic heterocycles. The Balaban J connectivity index is 2.41. The second-order valence-corrected chi connectivity index (χ2v) is 4.79. The smallest absolute Gasteiger partial charge is 0.0722 e. The van der Waals surface area contributed by atoms with Crippen molar-refractivity contribution in [3.63, 3.8) is 0 Å². The lowest BCUT2D eigenvalue weighted by atomic mass is 10.1. The number of fused-ring (bicyclic) bond motifs is 1. The van der Waals surface area contributed by atoms with Crippen LogP contribution in [-0.4, -0.2) is 11.0 Å². The summed E-state index contributed by atoms with van der Waals surface area (Å²) < 4.78 is 0. The molecule has 0 N–H and O–H groups in total. The number of carboxylic acid groups (broad SMARTS) is 1. The quantitative estimate of drug-likeness (QED) is 0.788. The van der Waals surface area contributed by atoms with Gasteiger partial charge in [0.05, 0.1) is 11.5 Å². The number of benzene rings is 1. The fourth-order valence-electron chi connectivity index (χ4n) is 2.04. The highest BCUT2D eigenvalue weighted by atomic mass is 16.4. The highest BCUT2D eigenvalue weighted by Gasteiger charge is 2.05. The van der Waals surface area contributed by atoms with Gasteiger partial charge in [0.2, 0.25) is 0 Å². The average molecular weight is 254 g/mol. The van der Waals surface area contributed by atoms with Gasteiger partial charge in [-0.05, 0) is 38.8 Å². The summed E-state index contributed by atoms with van der Waals surface area (Å²) in [5.41, 5.74) is 2.96. The molecule has 0 atom stereocenters. The van der Waals surface area contributed by atoms with Crippen LogP contribution in [0.5, 0.6) is 0 Å². The topological polar surface area (TPSA) is 53.0 Å². The van der Waals surface area contributed by atoms with Crippen LogP contribution in [0.15, 0.2) is 42.0 Å². The molecule has 98 valence electrons. The Bertz CT molecular complexity index is 640. The van der Waals surface area contributed by atoms with Crippen molar-refractivity contribution in [2.24, 2.45) is 0 Å². The van der Waals surface area contributed by atoms with Crippen LogP contribution in [0.25, 0.3) is 10.9 Å². The molecule has 0 saturated heterocycles. The fourth-order valence-corrected chi connectivity index (χ4v) is 2.04. The van der Waals surface area contributed by atoms with E-state index in [9.17, 15) is 9.90 Å². The maximum atomic E-state index is 11.2. The molecule has 19 heavy (non-hydrogen) atoms. The van der Waals surface area contributed by atoms with Gasteiger partial charge in [-0.2, -0.15) is 0 Å². The largest absolute Gasteiger partial charge is 0.545 e. The lowest BCUT2D eigenvalue weighted by Crippen LogP contribution is -2.23. The molecule has 3 nitrogen and oxygen atoms in total.